The van der Waals surface area contributed by atoms with E-state index in [0.29, 0.717) is 25.9 Å². The first-order chi connectivity index (χ1) is 7.93. The number of carbonyl (C=O) groups is 1. The van der Waals surface area contributed by atoms with Gasteiger partial charge in [-0.05, 0) is 25.9 Å². The van der Waals surface area contributed by atoms with Crippen LogP contribution < -0.4 is 5.32 Å². The second-order valence-electron chi connectivity index (χ2n) is 4.43. The smallest absolute Gasteiger partial charge is 0.363 e. The Morgan fingerprint density at radius 3 is 2.59 bits per heavy atom. The molecule has 1 amide bonds. The maximum absolute atomic E-state index is 12.3. The molecule has 7 heteroatoms. The molecule has 98 valence electrons. The molecule has 1 spiro atoms. The van der Waals surface area contributed by atoms with E-state index in [1.54, 1.807) is 0 Å². The summed E-state index contributed by atoms with van der Waals surface area (Å²) < 4.78 is 42.4. The van der Waals surface area contributed by atoms with Crippen molar-refractivity contribution in [2.45, 2.75) is 24.6 Å². The second-order valence-corrected chi connectivity index (χ2v) is 4.43. The minimum atomic E-state index is -4.35. The Morgan fingerprint density at radius 2 is 2.00 bits per heavy atom. The molecule has 1 N–H and O–H groups in total. The van der Waals surface area contributed by atoms with Crippen LogP contribution in [0.4, 0.5) is 13.2 Å². The highest BCUT2D eigenvalue weighted by Crippen LogP contribution is 2.30. The number of hydrogen-bond donors (Lipinski definition) is 1. The Hall–Kier alpha value is -0.820. The Kier molecular flexibility index (Phi) is 3.31. The fraction of sp³-hybridized carbons (Fsp3) is 0.900. The normalized spacial score (nSPS) is 25.4. The largest absolute Gasteiger partial charge is 0.406 e. The summed E-state index contributed by atoms with van der Waals surface area (Å²) >= 11 is 0. The summed E-state index contributed by atoms with van der Waals surface area (Å²) in [5.41, 5.74) is -1.02. The molecule has 0 aromatic heterocycles. The number of morpholine rings is 1. The van der Waals surface area contributed by atoms with Gasteiger partial charge < -0.3 is 15.0 Å². The summed E-state index contributed by atoms with van der Waals surface area (Å²) in [6.45, 7) is 0.233. The maximum atomic E-state index is 12.3. The average molecular weight is 252 g/mol. The molecule has 0 saturated carbocycles. The van der Waals surface area contributed by atoms with Crippen molar-refractivity contribution in [1.29, 1.82) is 0 Å². The Morgan fingerprint density at radius 1 is 1.35 bits per heavy atom. The van der Waals surface area contributed by atoms with E-state index in [1.165, 1.54) is 0 Å². The predicted molar refractivity (Wildman–Crippen MR) is 53.4 cm³/mol. The third kappa shape index (κ3) is 2.71. The molecule has 0 atom stereocenters. The zero-order valence-electron chi connectivity index (χ0n) is 9.35. The highest BCUT2D eigenvalue weighted by Gasteiger charge is 2.48. The first-order valence-electron chi connectivity index (χ1n) is 5.64. The molecule has 2 aliphatic heterocycles. The Balaban J connectivity index is 2.08. The molecular formula is C10H15F3N2O2. The number of nitrogens with zero attached hydrogens (tertiary/aromatic N) is 1. The summed E-state index contributed by atoms with van der Waals surface area (Å²) in [5.74, 6) is -0.512. The second kappa shape index (κ2) is 4.45. The summed E-state index contributed by atoms with van der Waals surface area (Å²) in [6, 6.07) is 0. The first-order valence-corrected chi connectivity index (χ1v) is 5.64. The van der Waals surface area contributed by atoms with Crippen LogP contribution in [0.2, 0.25) is 0 Å². The molecule has 2 rings (SSSR count). The molecule has 0 bridgehead atoms. The van der Waals surface area contributed by atoms with Crippen molar-refractivity contribution in [3.05, 3.63) is 0 Å². The quantitative estimate of drug-likeness (QED) is 0.740. The van der Waals surface area contributed by atoms with Gasteiger partial charge in [0.15, 0.2) is 0 Å². The number of alkyl halides is 3. The van der Waals surface area contributed by atoms with Crippen molar-refractivity contribution in [1.82, 2.24) is 10.2 Å². The van der Waals surface area contributed by atoms with Crippen molar-refractivity contribution in [3.63, 3.8) is 0 Å². The van der Waals surface area contributed by atoms with E-state index in [9.17, 15) is 18.0 Å². The van der Waals surface area contributed by atoms with E-state index in [1.807, 2.05) is 0 Å². The van der Waals surface area contributed by atoms with Gasteiger partial charge >= 0.3 is 6.18 Å². The third-order valence-corrected chi connectivity index (χ3v) is 3.20. The van der Waals surface area contributed by atoms with Gasteiger partial charge in [-0.15, -0.1) is 0 Å². The molecule has 2 fully saturated rings. The van der Waals surface area contributed by atoms with Gasteiger partial charge in [-0.25, -0.2) is 0 Å². The van der Waals surface area contributed by atoms with Gasteiger partial charge in [0.05, 0.1) is 6.61 Å². The predicted octanol–water partition coefficient (Wildman–Crippen LogP) is 0.530. The van der Waals surface area contributed by atoms with Crippen LogP contribution in [0.1, 0.15) is 12.8 Å². The molecule has 4 nitrogen and oxygen atoms in total. The summed E-state index contributed by atoms with van der Waals surface area (Å²) in [5, 5.41) is 3.07. The van der Waals surface area contributed by atoms with E-state index in [0.717, 1.165) is 4.90 Å². The molecular weight excluding hydrogens is 237 g/mol. The topological polar surface area (TPSA) is 41.6 Å². The lowest BCUT2D eigenvalue weighted by molar-refractivity contribution is -0.195. The number of halogens is 3. The third-order valence-electron chi connectivity index (χ3n) is 3.20. The Bertz CT molecular complexity index is 295. The highest BCUT2D eigenvalue weighted by molar-refractivity contribution is 5.86. The number of rotatable bonds is 1. The van der Waals surface area contributed by atoms with Crippen LogP contribution in [-0.4, -0.2) is 55.4 Å². The molecule has 2 aliphatic rings. The van der Waals surface area contributed by atoms with Crippen molar-refractivity contribution < 1.29 is 22.7 Å². The van der Waals surface area contributed by atoms with E-state index < -0.39 is 24.2 Å². The fourth-order valence-corrected chi connectivity index (χ4v) is 2.36. The van der Waals surface area contributed by atoms with Gasteiger partial charge in [0.1, 0.15) is 12.1 Å². The number of amides is 1. The van der Waals surface area contributed by atoms with Gasteiger partial charge in [0.2, 0.25) is 0 Å². The first kappa shape index (κ1) is 12.6. The summed E-state index contributed by atoms with van der Waals surface area (Å²) in [7, 11) is 0. The highest BCUT2D eigenvalue weighted by atomic mass is 19.4. The van der Waals surface area contributed by atoms with E-state index in [4.69, 9.17) is 4.74 Å². The van der Waals surface area contributed by atoms with E-state index >= 15 is 0 Å². The SMILES string of the molecule is O=C1N(CC(F)(F)F)CCOC12CCNCC2. The lowest BCUT2D eigenvalue weighted by Crippen LogP contribution is -2.61. The fourth-order valence-electron chi connectivity index (χ4n) is 2.36. The molecule has 2 heterocycles. The standard InChI is InChI=1S/C10H15F3N2O2/c11-10(12,13)7-15-5-6-17-9(8(15)16)1-3-14-4-2-9/h14H,1-7H2. The van der Waals surface area contributed by atoms with Crippen molar-refractivity contribution in [3.8, 4) is 0 Å². The minimum absolute atomic E-state index is 0.0214. The summed E-state index contributed by atoms with van der Waals surface area (Å²) in [4.78, 5) is 12.9. The molecule has 0 radical (unpaired) electrons. The number of carbonyl (C=O) groups excluding carboxylic acids is 1. The van der Waals surface area contributed by atoms with Crippen molar-refractivity contribution in [2.75, 3.05) is 32.8 Å². The lowest BCUT2D eigenvalue weighted by atomic mass is 9.89. The molecule has 17 heavy (non-hydrogen) atoms. The van der Waals surface area contributed by atoms with E-state index in [-0.39, 0.29) is 13.2 Å². The zero-order chi connectivity index (χ0) is 12.5. The van der Waals surface area contributed by atoms with Crippen molar-refractivity contribution in [2.24, 2.45) is 0 Å². The Labute approximate surface area is 97.1 Å². The molecule has 0 aromatic carbocycles. The van der Waals surface area contributed by atoms with Crippen LogP contribution in [-0.2, 0) is 9.53 Å². The van der Waals surface area contributed by atoms with Crippen LogP contribution >= 0.6 is 0 Å². The minimum Gasteiger partial charge on any atom is -0.363 e. The number of piperidine rings is 1. The zero-order valence-corrected chi connectivity index (χ0v) is 9.35. The van der Waals surface area contributed by atoms with Crippen LogP contribution in [0.5, 0.6) is 0 Å². The van der Waals surface area contributed by atoms with Gasteiger partial charge in [-0.2, -0.15) is 13.2 Å². The average Bonchev–Trinajstić information content (AvgIpc) is 2.25. The van der Waals surface area contributed by atoms with Gasteiger partial charge in [-0.1, -0.05) is 0 Å². The van der Waals surface area contributed by atoms with Crippen LogP contribution in [0.25, 0.3) is 0 Å². The van der Waals surface area contributed by atoms with Crippen LogP contribution in [0.15, 0.2) is 0 Å². The van der Waals surface area contributed by atoms with Gasteiger partial charge in [0.25, 0.3) is 5.91 Å². The monoisotopic (exact) mass is 252 g/mol. The molecule has 0 aliphatic carbocycles. The van der Waals surface area contributed by atoms with Crippen LogP contribution in [0, 0.1) is 0 Å². The lowest BCUT2D eigenvalue weighted by Gasteiger charge is -2.43. The van der Waals surface area contributed by atoms with E-state index in [2.05, 4.69) is 5.32 Å². The van der Waals surface area contributed by atoms with Gasteiger partial charge in [-0.3, -0.25) is 4.79 Å². The van der Waals surface area contributed by atoms with Gasteiger partial charge in [0, 0.05) is 6.54 Å². The number of ether oxygens (including phenoxy) is 1. The number of nitrogens with one attached hydrogen (secondary N) is 1. The molecule has 0 unspecified atom stereocenters. The number of hydrogen-bond acceptors (Lipinski definition) is 3. The molecule has 2 saturated heterocycles. The van der Waals surface area contributed by atoms with Crippen LogP contribution in [0.3, 0.4) is 0 Å². The van der Waals surface area contributed by atoms with Crippen molar-refractivity contribution >= 4 is 5.91 Å². The summed E-state index contributed by atoms with van der Waals surface area (Å²) in [6.07, 6.45) is -3.46. The maximum Gasteiger partial charge on any atom is 0.406 e. The molecule has 0 aromatic rings.